The zero-order valence-corrected chi connectivity index (χ0v) is 14.3. The Balaban J connectivity index is 1.74. The normalized spacial score (nSPS) is 24.2. The SMILES string of the molecule is CC(C)=NOC(C)C(=O)N1CCC2(CCCc3ccccc32)C1. The first kappa shape index (κ1) is 16.0. The van der Waals surface area contributed by atoms with E-state index in [1.165, 1.54) is 24.0 Å². The highest BCUT2D eigenvalue weighted by atomic mass is 16.6. The quantitative estimate of drug-likeness (QED) is 0.634. The molecule has 2 aliphatic rings. The Morgan fingerprint density at radius 2 is 2.09 bits per heavy atom. The van der Waals surface area contributed by atoms with Crippen LogP contribution < -0.4 is 0 Å². The van der Waals surface area contributed by atoms with Crippen LogP contribution in [0.2, 0.25) is 0 Å². The molecule has 1 spiro atoms. The Labute approximate surface area is 138 Å². The highest BCUT2D eigenvalue weighted by Gasteiger charge is 2.44. The number of carbonyl (C=O) groups is 1. The highest BCUT2D eigenvalue weighted by molar-refractivity contribution is 5.82. The molecule has 2 atom stereocenters. The van der Waals surface area contributed by atoms with E-state index in [4.69, 9.17) is 4.84 Å². The minimum absolute atomic E-state index is 0.0509. The van der Waals surface area contributed by atoms with Gasteiger partial charge in [-0.3, -0.25) is 4.79 Å². The summed E-state index contributed by atoms with van der Waals surface area (Å²) < 4.78 is 0. The predicted octanol–water partition coefficient (Wildman–Crippen LogP) is 3.29. The lowest BCUT2D eigenvalue weighted by Gasteiger charge is -2.36. The van der Waals surface area contributed by atoms with Gasteiger partial charge in [0, 0.05) is 18.5 Å². The summed E-state index contributed by atoms with van der Waals surface area (Å²) in [5, 5.41) is 3.93. The summed E-state index contributed by atoms with van der Waals surface area (Å²) in [4.78, 5) is 19.9. The number of amides is 1. The largest absolute Gasteiger partial charge is 0.383 e. The molecule has 4 nitrogen and oxygen atoms in total. The zero-order valence-electron chi connectivity index (χ0n) is 14.3. The maximum Gasteiger partial charge on any atom is 0.266 e. The van der Waals surface area contributed by atoms with Crippen LogP contribution in [0.15, 0.2) is 29.4 Å². The van der Waals surface area contributed by atoms with Crippen molar-refractivity contribution in [3.05, 3.63) is 35.4 Å². The number of likely N-dealkylation sites (tertiary alicyclic amines) is 1. The van der Waals surface area contributed by atoms with Crippen molar-refractivity contribution >= 4 is 11.6 Å². The van der Waals surface area contributed by atoms with E-state index < -0.39 is 6.10 Å². The molecule has 0 N–H and O–H groups in total. The van der Waals surface area contributed by atoms with Crippen LogP contribution in [0.1, 0.15) is 51.2 Å². The van der Waals surface area contributed by atoms with Gasteiger partial charge in [0.15, 0.2) is 0 Å². The van der Waals surface area contributed by atoms with Crippen molar-refractivity contribution in [3.63, 3.8) is 0 Å². The number of benzene rings is 1. The summed E-state index contributed by atoms with van der Waals surface area (Å²) in [5.41, 5.74) is 3.89. The van der Waals surface area contributed by atoms with Crippen LogP contribution in [0, 0.1) is 0 Å². The number of carbonyl (C=O) groups excluding carboxylic acids is 1. The molecule has 124 valence electrons. The molecule has 0 aromatic heterocycles. The topological polar surface area (TPSA) is 41.9 Å². The lowest BCUT2D eigenvalue weighted by molar-refractivity contribution is -0.141. The Kier molecular flexibility index (Phi) is 4.42. The Bertz CT molecular complexity index is 622. The summed E-state index contributed by atoms with van der Waals surface area (Å²) in [6, 6.07) is 8.75. The van der Waals surface area contributed by atoms with E-state index in [0.29, 0.717) is 0 Å². The fourth-order valence-corrected chi connectivity index (χ4v) is 3.98. The molecular formula is C19H26N2O2. The summed E-state index contributed by atoms with van der Waals surface area (Å²) in [6.07, 6.45) is 4.09. The van der Waals surface area contributed by atoms with Crippen molar-refractivity contribution in [2.45, 2.75) is 58.0 Å². The maximum absolute atomic E-state index is 12.6. The number of hydrogen-bond donors (Lipinski definition) is 0. The van der Waals surface area contributed by atoms with Crippen LogP contribution in [0.4, 0.5) is 0 Å². The second-order valence-electron chi connectivity index (χ2n) is 7.09. The van der Waals surface area contributed by atoms with Crippen LogP contribution in [0.25, 0.3) is 0 Å². The van der Waals surface area contributed by atoms with Crippen LogP contribution in [0.5, 0.6) is 0 Å². The number of rotatable bonds is 3. The summed E-state index contributed by atoms with van der Waals surface area (Å²) in [5.74, 6) is 0.0509. The molecule has 0 bridgehead atoms. The third-order valence-electron chi connectivity index (χ3n) is 5.10. The molecule has 1 aliphatic carbocycles. The molecule has 1 fully saturated rings. The zero-order chi connectivity index (χ0) is 16.4. The van der Waals surface area contributed by atoms with Gasteiger partial charge in [-0.2, -0.15) is 0 Å². The number of nitrogens with zero attached hydrogens (tertiary/aromatic N) is 2. The number of aryl methyl sites for hydroxylation is 1. The van der Waals surface area contributed by atoms with E-state index in [-0.39, 0.29) is 11.3 Å². The monoisotopic (exact) mass is 314 g/mol. The molecule has 1 aromatic carbocycles. The van der Waals surface area contributed by atoms with Crippen molar-refractivity contribution in [2.24, 2.45) is 5.16 Å². The molecule has 1 heterocycles. The molecule has 0 saturated carbocycles. The lowest BCUT2D eigenvalue weighted by atomic mass is 9.69. The van der Waals surface area contributed by atoms with E-state index in [0.717, 1.165) is 31.6 Å². The molecule has 23 heavy (non-hydrogen) atoms. The minimum atomic E-state index is -0.515. The molecule has 1 aliphatic heterocycles. The summed E-state index contributed by atoms with van der Waals surface area (Å²) in [7, 11) is 0. The van der Waals surface area contributed by atoms with E-state index in [9.17, 15) is 4.79 Å². The van der Waals surface area contributed by atoms with E-state index in [1.54, 1.807) is 6.92 Å². The Morgan fingerprint density at radius 1 is 1.30 bits per heavy atom. The Hall–Kier alpha value is -1.84. The van der Waals surface area contributed by atoms with Crippen LogP contribution >= 0.6 is 0 Å². The molecule has 3 rings (SSSR count). The number of hydrogen-bond acceptors (Lipinski definition) is 3. The van der Waals surface area contributed by atoms with Crippen LogP contribution in [-0.4, -0.2) is 35.7 Å². The fraction of sp³-hybridized carbons (Fsp3) is 0.579. The standard InChI is InChI=1S/C19H26N2O2/c1-14(2)20-23-15(3)18(22)21-12-11-19(13-21)10-6-8-16-7-4-5-9-17(16)19/h4-5,7,9,15H,6,8,10-13H2,1-3H3. The second-order valence-corrected chi connectivity index (χ2v) is 7.09. The molecule has 4 heteroatoms. The smallest absolute Gasteiger partial charge is 0.266 e. The first-order valence-corrected chi connectivity index (χ1v) is 8.56. The second kappa shape index (κ2) is 6.34. The van der Waals surface area contributed by atoms with Gasteiger partial charge >= 0.3 is 0 Å². The van der Waals surface area contributed by atoms with Crippen molar-refractivity contribution in [2.75, 3.05) is 13.1 Å². The molecule has 1 aromatic rings. The van der Waals surface area contributed by atoms with Gasteiger partial charge in [-0.1, -0.05) is 29.4 Å². The third-order valence-corrected chi connectivity index (χ3v) is 5.10. The van der Waals surface area contributed by atoms with Gasteiger partial charge in [-0.15, -0.1) is 0 Å². The lowest BCUT2D eigenvalue weighted by Crippen LogP contribution is -2.40. The third kappa shape index (κ3) is 3.12. The first-order valence-electron chi connectivity index (χ1n) is 8.56. The van der Waals surface area contributed by atoms with Gasteiger partial charge in [0.1, 0.15) is 0 Å². The van der Waals surface area contributed by atoms with Crippen molar-refractivity contribution < 1.29 is 9.63 Å². The first-order chi connectivity index (χ1) is 11.0. The average molecular weight is 314 g/mol. The fourth-order valence-electron chi connectivity index (χ4n) is 3.98. The molecule has 0 radical (unpaired) electrons. The number of fused-ring (bicyclic) bond motifs is 2. The van der Waals surface area contributed by atoms with Gasteiger partial charge in [-0.05, 0) is 57.6 Å². The molecule has 1 saturated heterocycles. The van der Waals surface area contributed by atoms with E-state index >= 15 is 0 Å². The molecular weight excluding hydrogens is 288 g/mol. The van der Waals surface area contributed by atoms with E-state index in [1.807, 2.05) is 18.7 Å². The van der Waals surface area contributed by atoms with Gasteiger partial charge < -0.3 is 9.74 Å². The minimum Gasteiger partial charge on any atom is -0.383 e. The van der Waals surface area contributed by atoms with Crippen molar-refractivity contribution in [1.82, 2.24) is 4.90 Å². The molecule has 2 unspecified atom stereocenters. The molecule has 1 amide bonds. The predicted molar refractivity (Wildman–Crippen MR) is 91.6 cm³/mol. The Morgan fingerprint density at radius 3 is 2.87 bits per heavy atom. The van der Waals surface area contributed by atoms with E-state index in [2.05, 4.69) is 29.4 Å². The van der Waals surface area contributed by atoms with Crippen molar-refractivity contribution in [1.29, 1.82) is 0 Å². The van der Waals surface area contributed by atoms with Crippen LogP contribution in [-0.2, 0) is 21.5 Å². The summed E-state index contributed by atoms with van der Waals surface area (Å²) >= 11 is 0. The average Bonchev–Trinajstić information content (AvgIpc) is 2.97. The van der Waals surface area contributed by atoms with Gasteiger partial charge in [0.2, 0.25) is 6.10 Å². The summed E-state index contributed by atoms with van der Waals surface area (Å²) in [6.45, 7) is 7.14. The van der Waals surface area contributed by atoms with Crippen LogP contribution in [0.3, 0.4) is 0 Å². The van der Waals surface area contributed by atoms with Crippen molar-refractivity contribution in [3.8, 4) is 0 Å². The maximum atomic E-state index is 12.6. The highest BCUT2D eigenvalue weighted by Crippen LogP contribution is 2.44. The number of oxime groups is 1. The van der Waals surface area contributed by atoms with Gasteiger partial charge in [0.25, 0.3) is 5.91 Å². The van der Waals surface area contributed by atoms with Gasteiger partial charge in [-0.25, -0.2) is 0 Å². The van der Waals surface area contributed by atoms with Gasteiger partial charge in [0.05, 0.1) is 5.71 Å².